The topological polar surface area (TPSA) is 41.1 Å². The van der Waals surface area contributed by atoms with Gasteiger partial charge in [0.1, 0.15) is 0 Å². The van der Waals surface area contributed by atoms with E-state index in [-0.39, 0.29) is 5.91 Å². The maximum absolute atomic E-state index is 11.6. The van der Waals surface area contributed by atoms with Crippen LogP contribution in [-0.2, 0) is 4.79 Å². The van der Waals surface area contributed by atoms with Gasteiger partial charge in [-0.25, -0.2) is 0 Å². The summed E-state index contributed by atoms with van der Waals surface area (Å²) in [7, 11) is 0. The second kappa shape index (κ2) is 7.66. The highest BCUT2D eigenvalue weighted by atomic mass is 16.1. The molecule has 3 heteroatoms. The van der Waals surface area contributed by atoms with E-state index in [2.05, 4.69) is 24.5 Å². The van der Waals surface area contributed by atoms with Crippen LogP contribution in [-0.4, -0.2) is 25.0 Å². The quantitative estimate of drug-likeness (QED) is 0.698. The van der Waals surface area contributed by atoms with Gasteiger partial charge in [-0.15, -0.1) is 0 Å². The Kier molecular flexibility index (Phi) is 6.46. The molecule has 2 unspecified atom stereocenters. The number of unbranched alkanes of at least 4 members (excludes halogenated alkanes) is 1. The third-order valence-corrected chi connectivity index (χ3v) is 3.34. The summed E-state index contributed by atoms with van der Waals surface area (Å²) in [6.45, 7) is 6.50. The van der Waals surface area contributed by atoms with Crippen molar-refractivity contribution in [1.29, 1.82) is 0 Å². The molecule has 2 N–H and O–H groups in total. The van der Waals surface area contributed by atoms with Gasteiger partial charge < -0.3 is 10.6 Å². The predicted octanol–water partition coefficient (Wildman–Crippen LogP) is 2.07. The fourth-order valence-corrected chi connectivity index (χ4v) is 2.23. The molecular formula is C13H26N2O. The van der Waals surface area contributed by atoms with E-state index in [4.69, 9.17) is 0 Å². The minimum Gasteiger partial charge on any atom is -0.354 e. The van der Waals surface area contributed by atoms with Gasteiger partial charge in [0.15, 0.2) is 0 Å². The minimum absolute atomic E-state index is 0.232. The van der Waals surface area contributed by atoms with Crippen LogP contribution in [0.1, 0.15) is 52.4 Å². The van der Waals surface area contributed by atoms with Crippen molar-refractivity contribution in [3.8, 4) is 0 Å². The fraction of sp³-hybridized carbons (Fsp3) is 0.923. The highest BCUT2D eigenvalue weighted by Gasteiger charge is 2.16. The predicted molar refractivity (Wildman–Crippen MR) is 67.3 cm³/mol. The maximum atomic E-state index is 11.6. The van der Waals surface area contributed by atoms with Gasteiger partial charge in [-0.1, -0.05) is 19.8 Å². The van der Waals surface area contributed by atoms with Gasteiger partial charge in [-0.3, -0.25) is 4.79 Å². The van der Waals surface area contributed by atoms with Crippen LogP contribution in [0.2, 0.25) is 0 Å². The fourth-order valence-electron chi connectivity index (χ4n) is 2.23. The maximum Gasteiger partial charge on any atom is 0.220 e. The lowest BCUT2D eigenvalue weighted by Gasteiger charge is -2.14. The number of hydrogen-bond donors (Lipinski definition) is 2. The molecule has 0 aliphatic carbocycles. The van der Waals surface area contributed by atoms with Crippen molar-refractivity contribution in [2.45, 2.75) is 58.4 Å². The van der Waals surface area contributed by atoms with Crippen molar-refractivity contribution >= 4 is 5.91 Å². The molecule has 16 heavy (non-hydrogen) atoms. The van der Waals surface area contributed by atoms with Crippen LogP contribution >= 0.6 is 0 Å². The van der Waals surface area contributed by atoms with Gasteiger partial charge in [-0.05, 0) is 45.2 Å². The molecule has 0 spiro atoms. The van der Waals surface area contributed by atoms with E-state index in [1.807, 2.05) is 0 Å². The average molecular weight is 226 g/mol. The highest BCUT2D eigenvalue weighted by Crippen LogP contribution is 2.14. The van der Waals surface area contributed by atoms with Crippen LogP contribution < -0.4 is 10.6 Å². The lowest BCUT2D eigenvalue weighted by Crippen LogP contribution is -2.32. The summed E-state index contributed by atoms with van der Waals surface area (Å²) in [5.74, 6) is 0.951. The minimum atomic E-state index is 0.232. The Bertz CT molecular complexity index is 200. The molecule has 2 atom stereocenters. The van der Waals surface area contributed by atoms with Gasteiger partial charge in [0, 0.05) is 12.5 Å². The molecular weight excluding hydrogens is 200 g/mol. The molecule has 1 rings (SSSR count). The SMILES string of the molecule is CCCCC(C)NC(=O)CCC1CCNC1. The first-order valence-corrected chi connectivity index (χ1v) is 6.72. The van der Waals surface area contributed by atoms with E-state index in [1.165, 1.54) is 19.3 Å². The first-order chi connectivity index (χ1) is 7.72. The van der Waals surface area contributed by atoms with Gasteiger partial charge >= 0.3 is 0 Å². The van der Waals surface area contributed by atoms with Crippen LogP contribution in [0.15, 0.2) is 0 Å². The van der Waals surface area contributed by atoms with Crippen molar-refractivity contribution in [3.05, 3.63) is 0 Å². The molecule has 1 fully saturated rings. The van der Waals surface area contributed by atoms with Crippen molar-refractivity contribution < 1.29 is 4.79 Å². The molecule has 1 aliphatic rings. The second-order valence-electron chi connectivity index (χ2n) is 5.01. The molecule has 0 aromatic rings. The lowest BCUT2D eigenvalue weighted by atomic mass is 10.0. The van der Waals surface area contributed by atoms with E-state index in [0.717, 1.165) is 31.8 Å². The molecule has 1 aliphatic heterocycles. The van der Waals surface area contributed by atoms with E-state index >= 15 is 0 Å². The summed E-state index contributed by atoms with van der Waals surface area (Å²) in [4.78, 5) is 11.6. The average Bonchev–Trinajstić information content (AvgIpc) is 2.76. The standard InChI is InChI=1S/C13H26N2O/c1-3-4-5-11(2)15-13(16)7-6-12-8-9-14-10-12/h11-12,14H,3-10H2,1-2H3,(H,15,16). The summed E-state index contributed by atoms with van der Waals surface area (Å²) < 4.78 is 0. The normalized spacial score (nSPS) is 22.0. The highest BCUT2D eigenvalue weighted by molar-refractivity contribution is 5.76. The van der Waals surface area contributed by atoms with Gasteiger partial charge in [0.05, 0.1) is 0 Å². The Morgan fingerprint density at radius 3 is 3.00 bits per heavy atom. The Balaban J connectivity index is 2.05. The molecule has 0 aromatic carbocycles. The number of nitrogens with one attached hydrogen (secondary N) is 2. The van der Waals surface area contributed by atoms with Crippen LogP contribution in [0.25, 0.3) is 0 Å². The van der Waals surface area contributed by atoms with Crippen molar-refractivity contribution in [1.82, 2.24) is 10.6 Å². The van der Waals surface area contributed by atoms with Crippen molar-refractivity contribution in [2.24, 2.45) is 5.92 Å². The summed E-state index contributed by atoms with van der Waals surface area (Å²) in [6, 6.07) is 0.342. The molecule has 0 bridgehead atoms. The zero-order valence-corrected chi connectivity index (χ0v) is 10.7. The molecule has 1 saturated heterocycles. The third-order valence-electron chi connectivity index (χ3n) is 3.34. The van der Waals surface area contributed by atoms with Gasteiger partial charge in [0.2, 0.25) is 5.91 Å². The first kappa shape index (κ1) is 13.5. The molecule has 1 amide bonds. The molecule has 94 valence electrons. The van der Waals surface area contributed by atoms with Gasteiger partial charge in [0.25, 0.3) is 0 Å². The van der Waals surface area contributed by atoms with E-state index in [9.17, 15) is 4.79 Å². The molecule has 1 heterocycles. The smallest absolute Gasteiger partial charge is 0.220 e. The summed E-state index contributed by atoms with van der Waals surface area (Å²) in [6.07, 6.45) is 6.48. The number of carbonyl (C=O) groups is 1. The van der Waals surface area contributed by atoms with Crippen LogP contribution in [0, 0.1) is 5.92 Å². The van der Waals surface area contributed by atoms with Crippen molar-refractivity contribution in [2.75, 3.05) is 13.1 Å². The molecule has 0 radical (unpaired) electrons. The number of amides is 1. The summed E-state index contributed by atoms with van der Waals surface area (Å²) >= 11 is 0. The number of rotatable bonds is 7. The van der Waals surface area contributed by atoms with Crippen LogP contribution in [0.5, 0.6) is 0 Å². The number of hydrogen-bond acceptors (Lipinski definition) is 2. The molecule has 0 saturated carbocycles. The zero-order valence-electron chi connectivity index (χ0n) is 10.7. The Morgan fingerprint density at radius 2 is 2.38 bits per heavy atom. The lowest BCUT2D eigenvalue weighted by molar-refractivity contribution is -0.122. The van der Waals surface area contributed by atoms with Crippen LogP contribution in [0.3, 0.4) is 0 Å². The molecule has 3 nitrogen and oxygen atoms in total. The summed E-state index contributed by atoms with van der Waals surface area (Å²) in [5.41, 5.74) is 0. The van der Waals surface area contributed by atoms with Gasteiger partial charge in [-0.2, -0.15) is 0 Å². The van der Waals surface area contributed by atoms with E-state index in [1.54, 1.807) is 0 Å². The van der Waals surface area contributed by atoms with E-state index < -0.39 is 0 Å². The monoisotopic (exact) mass is 226 g/mol. The molecule has 0 aromatic heterocycles. The Hall–Kier alpha value is -0.570. The summed E-state index contributed by atoms with van der Waals surface area (Å²) in [5, 5.41) is 6.41. The van der Waals surface area contributed by atoms with Crippen molar-refractivity contribution in [3.63, 3.8) is 0 Å². The first-order valence-electron chi connectivity index (χ1n) is 6.72. The Morgan fingerprint density at radius 1 is 1.56 bits per heavy atom. The van der Waals surface area contributed by atoms with Crippen LogP contribution in [0.4, 0.5) is 0 Å². The number of carbonyl (C=O) groups excluding carboxylic acids is 1. The largest absolute Gasteiger partial charge is 0.354 e. The Labute approximate surface area is 99.4 Å². The van der Waals surface area contributed by atoms with E-state index in [0.29, 0.717) is 12.5 Å². The zero-order chi connectivity index (χ0) is 11.8. The third kappa shape index (κ3) is 5.50. The second-order valence-corrected chi connectivity index (χ2v) is 5.01.